The van der Waals surface area contributed by atoms with Crippen LogP contribution >= 0.6 is 22.6 Å². The Balaban J connectivity index is 1.75. The van der Waals surface area contributed by atoms with Gasteiger partial charge in [0.25, 0.3) is 0 Å². The van der Waals surface area contributed by atoms with Crippen LogP contribution in [0.4, 0.5) is 0 Å². The Kier molecular flexibility index (Phi) is 7.35. The number of aryl methyl sites for hydroxylation is 1. The monoisotopic (exact) mass is 490 g/mol. The predicted octanol–water partition coefficient (Wildman–Crippen LogP) is 3.78. The molecular formula is C19H31IN2O3Si. The Hall–Kier alpha value is -0.403. The minimum atomic E-state index is -1.78. The van der Waals surface area contributed by atoms with Crippen molar-refractivity contribution in [3.05, 3.63) is 17.8 Å². The molecule has 1 fully saturated rings. The van der Waals surface area contributed by atoms with Crippen LogP contribution in [0, 0.1) is 11.8 Å². The third-order valence-electron chi connectivity index (χ3n) is 5.46. The van der Waals surface area contributed by atoms with Gasteiger partial charge in [-0.3, -0.25) is 4.90 Å². The number of oxazole rings is 1. The van der Waals surface area contributed by atoms with Crippen molar-refractivity contribution in [2.45, 2.75) is 69.9 Å². The van der Waals surface area contributed by atoms with Gasteiger partial charge in [0.1, 0.15) is 17.9 Å². The van der Waals surface area contributed by atoms with Crippen molar-refractivity contribution in [1.29, 1.82) is 0 Å². The molecule has 1 aliphatic heterocycles. The summed E-state index contributed by atoms with van der Waals surface area (Å²) in [5.41, 5.74) is 0. The van der Waals surface area contributed by atoms with E-state index in [1.165, 1.54) is 0 Å². The van der Waals surface area contributed by atoms with Gasteiger partial charge in [-0.25, -0.2) is 4.98 Å². The predicted molar refractivity (Wildman–Crippen MR) is 115 cm³/mol. The summed E-state index contributed by atoms with van der Waals surface area (Å²) in [6.07, 6.45) is 2.28. The van der Waals surface area contributed by atoms with Crippen molar-refractivity contribution in [1.82, 2.24) is 9.88 Å². The lowest BCUT2D eigenvalue weighted by Gasteiger charge is -2.35. The van der Waals surface area contributed by atoms with Crippen LogP contribution in [0.1, 0.15) is 44.9 Å². The zero-order valence-electron chi connectivity index (χ0n) is 16.7. The first kappa shape index (κ1) is 21.9. The van der Waals surface area contributed by atoms with Gasteiger partial charge in [-0.2, -0.15) is 0 Å². The maximum atomic E-state index is 10.1. The molecule has 7 heteroatoms. The van der Waals surface area contributed by atoms with Crippen LogP contribution in [0.2, 0.25) is 18.1 Å². The number of aliphatic hydroxyl groups excluding tert-OH is 1. The van der Waals surface area contributed by atoms with Gasteiger partial charge < -0.3 is 13.9 Å². The molecule has 146 valence electrons. The van der Waals surface area contributed by atoms with E-state index in [1.807, 2.05) is 0 Å². The minimum absolute atomic E-state index is 0.170. The second kappa shape index (κ2) is 8.74. The Bertz CT molecular complexity index is 660. The Morgan fingerprint density at radius 2 is 2.15 bits per heavy atom. The number of hydrogen-bond acceptors (Lipinski definition) is 5. The summed E-state index contributed by atoms with van der Waals surface area (Å²) in [5, 5.41) is 10.2. The lowest BCUT2D eigenvalue weighted by molar-refractivity contribution is 0.218. The van der Waals surface area contributed by atoms with Crippen molar-refractivity contribution < 1.29 is 13.9 Å². The molecular weight excluding hydrogens is 459 g/mol. The third-order valence-corrected chi connectivity index (χ3v) is 10.8. The molecule has 0 bridgehead atoms. The van der Waals surface area contributed by atoms with Crippen molar-refractivity contribution in [2.24, 2.45) is 0 Å². The topological polar surface area (TPSA) is 58.5 Å². The summed E-state index contributed by atoms with van der Waals surface area (Å²) in [4.78, 5) is 6.64. The number of aromatic nitrogens is 1. The largest absolute Gasteiger partial charge is 0.444 e. The zero-order valence-corrected chi connectivity index (χ0v) is 19.8. The van der Waals surface area contributed by atoms with Gasteiger partial charge in [-0.1, -0.05) is 55.2 Å². The maximum absolute atomic E-state index is 10.1. The van der Waals surface area contributed by atoms with E-state index in [1.54, 1.807) is 6.20 Å². The first-order chi connectivity index (χ1) is 12.1. The smallest absolute Gasteiger partial charge is 0.213 e. The molecule has 2 heterocycles. The normalized spacial score (nSPS) is 24.1. The highest BCUT2D eigenvalue weighted by Gasteiger charge is 2.47. The van der Waals surface area contributed by atoms with Crippen molar-refractivity contribution in [2.75, 3.05) is 18.1 Å². The summed E-state index contributed by atoms with van der Waals surface area (Å²) in [5.74, 6) is 7.43. The van der Waals surface area contributed by atoms with Crippen LogP contribution in [-0.2, 0) is 10.8 Å². The fourth-order valence-corrected chi connectivity index (χ4v) is 4.42. The molecule has 2 rings (SSSR count). The highest BCUT2D eigenvalue weighted by molar-refractivity contribution is 14.1. The molecule has 1 aliphatic rings. The summed E-state index contributed by atoms with van der Waals surface area (Å²) in [6, 6.07) is 0.831. The quantitative estimate of drug-likeness (QED) is 0.207. The van der Waals surface area contributed by atoms with E-state index in [2.05, 4.69) is 85.2 Å². The summed E-state index contributed by atoms with van der Waals surface area (Å²) >= 11 is 2.39. The van der Waals surface area contributed by atoms with Crippen LogP contribution in [0.3, 0.4) is 0 Å². The van der Waals surface area contributed by atoms with Crippen molar-refractivity contribution in [3.8, 4) is 11.8 Å². The highest BCUT2D eigenvalue weighted by atomic mass is 127. The Morgan fingerprint density at radius 3 is 2.73 bits per heavy atom. The van der Waals surface area contributed by atoms with Crippen LogP contribution in [0.5, 0.6) is 0 Å². The van der Waals surface area contributed by atoms with Gasteiger partial charge >= 0.3 is 0 Å². The van der Waals surface area contributed by atoms with Gasteiger partial charge in [-0.15, -0.1) is 0 Å². The number of alkyl halides is 1. The lowest BCUT2D eigenvalue weighted by atomic mass is 10.2. The zero-order chi connectivity index (χ0) is 19.5. The molecule has 1 aromatic heterocycles. The number of hydrogen-bond donors (Lipinski definition) is 1. The van der Waals surface area contributed by atoms with Gasteiger partial charge in [-0.05, 0) is 31.6 Å². The molecule has 0 aliphatic carbocycles. The Labute approximate surface area is 172 Å². The van der Waals surface area contributed by atoms with Gasteiger partial charge in [0, 0.05) is 16.9 Å². The van der Waals surface area contributed by atoms with Crippen molar-refractivity contribution >= 4 is 30.9 Å². The van der Waals surface area contributed by atoms with Crippen LogP contribution in [0.15, 0.2) is 10.6 Å². The second-order valence-corrected chi connectivity index (χ2v) is 14.1. The standard InChI is InChI=1S/C19H31IN2O3Si/c1-19(2,3)26(5,6)24-11-7-8-14(23)9-10-15-13-21-18(25-15)17-16(12-20)22(17)4/h13-14,16-17,23H,9-12H2,1-6H3/t14?,16-,17-,22?/m0/s1. The molecule has 1 saturated heterocycles. The average Bonchev–Trinajstić information content (AvgIpc) is 2.98. The Morgan fingerprint density at radius 1 is 1.46 bits per heavy atom. The van der Waals surface area contributed by atoms with Crippen LogP contribution < -0.4 is 0 Å². The highest BCUT2D eigenvalue weighted by Crippen LogP contribution is 2.41. The van der Waals surface area contributed by atoms with E-state index in [-0.39, 0.29) is 5.04 Å². The molecule has 5 nitrogen and oxygen atoms in total. The lowest BCUT2D eigenvalue weighted by Crippen LogP contribution is -2.40. The average molecular weight is 490 g/mol. The molecule has 0 spiro atoms. The van der Waals surface area contributed by atoms with Gasteiger partial charge in [0.05, 0.1) is 12.8 Å². The van der Waals surface area contributed by atoms with E-state index >= 15 is 0 Å². The third kappa shape index (κ3) is 5.55. The van der Waals surface area contributed by atoms with Crippen molar-refractivity contribution in [3.63, 3.8) is 0 Å². The molecule has 0 saturated carbocycles. The molecule has 0 radical (unpaired) electrons. The van der Waals surface area contributed by atoms with Crippen LogP contribution in [0.25, 0.3) is 0 Å². The van der Waals surface area contributed by atoms with E-state index in [9.17, 15) is 5.11 Å². The summed E-state index contributed by atoms with van der Waals surface area (Å²) in [7, 11) is 0.310. The SMILES string of the molecule is CN1[C@H](c2ncc(CCC(O)C#CCO[Si](C)(C)C(C)(C)C)o2)[C@@H]1CI. The number of aliphatic hydroxyl groups is 1. The maximum Gasteiger partial charge on any atom is 0.213 e. The van der Waals surface area contributed by atoms with Gasteiger partial charge in [0.2, 0.25) is 5.89 Å². The molecule has 0 amide bonds. The molecule has 2 unspecified atom stereocenters. The summed E-state index contributed by atoms with van der Waals surface area (Å²) < 4.78 is 12.9. The summed E-state index contributed by atoms with van der Waals surface area (Å²) in [6.45, 7) is 11.4. The first-order valence-electron chi connectivity index (χ1n) is 9.09. The molecule has 1 aromatic rings. The molecule has 26 heavy (non-hydrogen) atoms. The fraction of sp³-hybridized carbons (Fsp3) is 0.737. The number of nitrogens with zero attached hydrogens (tertiary/aromatic N) is 2. The number of likely N-dealkylation sites (N-methyl/N-ethyl adjacent to an activating group) is 1. The second-order valence-electron chi connectivity index (χ2n) is 8.42. The first-order valence-corrected chi connectivity index (χ1v) is 13.5. The van der Waals surface area contributed by atoms with E-state index < -0.39 is 14.4 Å². The fourth-order valence-electron chi connectivity index (χ4n) is 2.45. The molecule has 1 N–H and O–H groups in total. The minimum Gasteiger partial charge on any atom is -0.444 e. The number of rotatable bonds is 7. The molecule has 0 aromatic carbocycles. The molecule has 4 atom stereocenters. The van der Waals surface area contributed by atoms with E-state index in [0.717, 1.165) is 16.1 Å². The van der Waals surface area contributed by atoms with Crippen LogP contribution in [-0.4, -0.2) is 53.5 Å². The van der Waals surface area contributed by atoms with E-state index in [0.29, 0.717) is 31.5 Å². The van der Waals surface area contributed by atoms with E-state index in [4.69, 9.17) is 8.84 Å². The number of halogens is 1. The van der Waals surface area contributed by atoms with Gasteiger partial charge in [0.15, 0.2) is 8.32 Å².